The fourth-order valence-corrected chi connectivity index (χ4v) is 3.56. The maximum atomic E-state index is 12.1. The molecule has 1 atom stereocenters. The lowest BCUT2D eigenvalue weighted by Gasteiger charge is -2.34. The zero-order valence-electron chi connectivity index (χ0n) is 10.4. The molecule has 0 amide bonds. The minimum atomic E-state index is -3.63. The molecule has 0 aliphatic carbocycles. The first-order valence-corrected chi connectivity index (χ1v) is 7.28. The van der Waals surface area contributed by atoms with Crippen LogP contribution in [0, 0.1) is 5.92 Å². The second-order valence-electron chi connectivity index (χ2n) is 5.09. The van der Waals surface area contributed by atoms with Crippen molar-refractivity contribution in [3.63, 3.8) is 0 Å². The quantitative estimate of drug-likeness (QED) is 0.613. The topological polar surface area (TPSA) is 89.9 Å². The monoisotopic (exact) mass is 266 g/mol. The van der Waals surface area contributed by atoms with Gasteiger partial charge in [0.1, 0.15) is 0 Å². The van der Waals surface area contributed by atoms with Crippen LogP contribution in [-0.2, 0) is 10.2 Å². The van der Waals surface area contributed by atoms with E-state index in [0.29, 0.717) is 19.0 Å². The number of nitrogens with one attached hydrogen (secondary N) is 1. The van der Waals surface area contributed by atoms with E-state index in [9.17, 15) is 8.42 Å². The van der Waals surface area contributed by atoms with Gasteiger partial charge in [0.25, 0.3) is 10.2 Å². The van der Waals surface area contributed by atoms with Gasteiger partial charge in [0, 0.05) is 13.1 Å². The number of nitrogens with zero attached hydrogens (tertiary/aromatic N) is 1. The molecule has 0 aromatic carbocycles. The highest BCUT2D eigenvalue weighted by Gasteiger charge is 2.34. The fourth-order valence-electron chi connectivity index (χ4n) is 1.86. The SMILES string of the molecule is CC1CCCN(S(=O)(=O)NC(C)(CO)CO)C1. The first kappa shape index (κ1) is 14.8. The molecular weight excluding hydrogens is 244 g/mol. The average Bonchev–Trinajstić information content (AvgIpc) is 2.28. The van der Waals surface area contributed by atoms with Gasteiger partial charge in [0.2, 0.25) is 0 Å². The lowest BCUT2D eigenvalue weighted by molar-refractivity contribution is 0.119. The first-order chi connectivity index (χ1) is 7.83. The van der Waals surface area contributed by atoms with Crippen LogP contribution in [0.2, 0.25) is 0 Å². The minimum absolute atomic E-state index is 0.342. The average molecular weight is 266 g/mol. The van der Waals surface area contributed by atoms with Gasteiger partial charge >= 0.3 is 0 Å². The van der Waals surface area contributed by atoms with Crippen molar-refractivity contribution in [3.8, 4) is 0 Å². The fraction of sp³-hybridized carbons (Fsp3) is 1.00. The molecule has 6 nitrogen and oxygen atoms in total. The smallest absolute Gasteiger partial charge is 0.280 e. The molecule has 102 valence electrons. The summed E-state index contributed by atoms with van der Waals surface area (Å²) in [6, 6.07) is 0. The number of hydrogen-bond acceptors (Lipinski definition) is 4. The van der Waals surface area contributed by atoms with E-state index in [0.717, 1.165) is 12.8 Å². The molecule has 1 rings (SSSR count). The number of rotatable bonds is 5. The summed E-state index contributed by atoms with van der Waals surface area (Å²) in [5.41, 5.74) is -1.21. The van der Waals surface area contributed by atoms with Gasteiger partial charge < -0.3 is 10.2 Å². The van der Waals surface area contributed by atoms with E-state index in [1.165, 1.54) is 11.2 Å². The van der Waals surface area contributed by atoms with E-state index < -0.39 is 29.0 Å². The Morgan fingerprint density at radius 3 is 2.47 bits per heavy atom. The lowest BCUT2D eigenvalue weighted by atomic mass is 10.0. The van der Waals surface area contributed by atoms with E-state index in [1.54, 1.807) is 0 Å². The van der Waals surface area contributed by atoms with Gasteiger partial charge in [-0.1, -0.05) is 6.92 Å². The summed E-state index contributed by atoms with van der Waals surface area (Å²) in [5.74, 6) is 0.342. The molecule has 1 aliphatic heterocycles. The van der Waals surface area contributed by atoms with Gasteiger partial charge in [0.15, 0.2) is 0 Å². The second-order valence-corrected chi connectivity index (χ2v) is 6.76. The van der Waals surface area contributed by atoms with Crippen LogP contribution in [0.25, 0.3) is 0 Å². The van der Waals surface area contributed by atoms with Gasteiger partial charge in [0.05, 0.1) is 18.8 Å². The Labute approximate surface area is 103 Å². The summed E-state index contributed by atoms with van der Waals surface area (Å²) in [6.07, 6.45) is 1.88. The van der Waals surface area contributed by atoms with E-state index in [4.69, 9.17) is 10.2 Å². The molecule has 0 saturated carbocycles. The van der Waals surface area contributed by atoms with Crippen LogP contribution in [-0.4, -0.2) is 54.8 Å². The zero-order valence-corrected chi connectivity index (χ0v) is 11.2. The molecule has 7 heteroatoms. The van der Waals surface area contributed by atoms with Crippen LogP contribution in [0.3, 0.4) is 0 Å². The second kappa shape index (κ2) is 5.62. The maximum absolute atomic E-state index is 12.1. The molecule has 0 radical (unpaired) electrons. The number of aliphatic hydroxyl groups is 2. The lowest BCUT2D eigenvalue weighted by Crippen LogP contribution is -2.57. The molecule has 0 spiro atoms. The third-order valence-corrected chi connectivity index (χ3v) is 4.80. The van der Waals surface area contributed by atoms with Crippen LogP contribution in [0.15, 0.2) is 0 Å². The standard InChI is InChI=1S/C10H22N2O4S/c1-9-4-3-5-12(6-9)17(15,16)11-10(2,7-13)8-14/h9,11,13-14H,3-8H2,1-2H3. The number of aliphatic hydroxyl groups excluding tert-OH is 2. The van der Waals surface area contributed by atoms with Crippen molar-refractivity contribution in [2.75, 3.05) is 26.3 Å². The van der Waals surface area contributed by atoms with E-state index in [2.05, 4.69) is 4.72 Å². The molecule has 0 aromatic rings. The highest BCUT2D eigenvalue weighted by molar-refractivity contribution is 7.87. The molecule has 3 N–H and O–H groups in total. The van der Waals surface area contributed by atoms with Crippen molar-refractivity contribution in [2.45, 2.75) is 32.2 Å². The number of hydrogen-bond donors (Lipinski definition) is 3. The summed E-state index contributed by atoms with van der Waals surface area (Å²) < 4.78 is 27.9. The maximum Gasteiger partial charge on any atom is 0.280 e. The van der Waals surface area contributed by atoms with Gasteiger partial charge in [-0.3, -0.25) is 0 Å². The summed E-state index contributed by atoms with van der Waals surface area (Å²) in [5, 5.41) is 18.2. The van der Waals surface area contributed by atoms with Gasteiger partial charge in [-0.05, 0) is 25.7 Å². The van der Waals surface area contributed by atoms with E-state index in [-0.39, 0.29) is 0 Å². The Balaban J connectivity index is 2.74. The van der Waals surface area contributed by atoms with Crippen molar-refractivity contribution in [2.24, 2.45) is 5.92 Å². The first-order valence-electron chi connectivity index (χ1n) is 5.84. The Morgan fingerprint density at radius 2 is 2.00 bits per heavy atom. The summed E-state index contributed by atoms with van der Waals surface area (Å²) in [4.78, 5) is 0. The van der Waals surface area contributed by atoms with Crippen molar-refractivity contribution >= 4 is 10.2 Å². The molecule has 1 unspecified atom stereocenters. The predicted molar refractivity (Wildman–Crippen MR) is 64.6 cm³/mol. The zero-order chi connectivity index (χ0) is 13.1. The third-order valence-electron chi connectivity index (χ3n) is 3.03. The van der Waals surface area contributed by atoms with E-state index >= 15 is 0 Å². The Kier molecular flexibility index (Phi) is 4.91. The Morgan fingerprint density at radius 1 is 1.41 bits per heavy atom. The van der Waals surface area contributed by atoms with Crippen LogP contribution in [0.1, 0.15) is 26.7 Å². The summed E-state index contributed by atoms with van der Waals surface area (Å²) in [7, 11) is -3.63. The highest BCUT2D eigenvalue weighted by Crippen LogP contribution is 2.18. The van der Waals surface area contributed by atoms with Crippen molar-refractivity contribution in [3.05, 3.63) is 0 Å². The van der Waals surface area contributed by atoms with Crippen molar-refractivity contribution < 1.29 is 18.6 Å². The molecular formula is C10H22N2O4S. The molecule has 1 fully saturated rings. The number of piperidine rings is 1. The molecule has 0 bridgehead atoms. The highest BCUT2D eigenvalue weighted by atomic mass is 32.2. The molecule has 0 aromatic heterocycles. The van der Waals surface area contributed by atoms with Gasteiger partial charge in [-0.25, -0.2) is 0 Å². The van der Waals surface area contributed by atoms with Gasteiger partial charge in [-0.2, -0.15) is 17.4 Å². The predicted octanol–water partition coefficient (Wildman–Crippen LogP) is -0.704. The summed E-state index contributed by atoms with van der Waals surface area (Å²) >= 11 is 0. The van der Waals surface area contributed by atoms with Crippen LogP contribution < -0.4 is 4.72 Å². The minimum Gasteiger partial charge on any atom is -0.394 e. The van der Waals surface area contributed by atoms with Gasteiger partial charge in [-0.15, -0.1) is 0 Å². The third kappa shape index (κ3) is 3.89. The largest absolute Gasteiger partial charge is 0.394 e. The van der Waals surface area contributed by atoms with Crippen molar-refractivity contribution in [1.29, 1.82) is 0 Å². The molecule has 1 aliphatic rings. The van der Waals surface area contributed by atoms with Crippen LogP contribution in [0.5, 0.6) is 0 Å². The molecule has 17 heavy (non-hydrogen) atoms. The summed E-state index contributed by atoms with van der Waals surface area (Å²) in [6.45, 7) is 3.59. The van der Waals surface area contributed by atoms with E-state index in [1.807, 2.05) is 6.92 Å². The molecule has 1 saturated heterocycles. The molecule has 1 heterocycles. The Hall–Kier alpha value is -0.210. The normalized spacial score (nSPS) is 23.9. The Bertz CT molecular complexity index is 340. The van der Waals surface area contributed by atoms with Crippen LogP contribution >= 0.6 is 0 Å². The van der Waals surface area contributed by atoms with Crippen LogP contribution in [0.4, 0.5) is 0 Å². The van der Waals surface area contributed by atoms with Crippen molar-refractivity contribution in [1.82, 2.24) is 9.03 Å².